The Morgan fingerprint density at radius 2 is 1.10 bits per heavy atom. The fourth-order valence-corrected chi connectivity index (χ4v) is 0.407. The van der Waals surface area contributed by atoms with Crippen LogP contribution in [-0.4, -0.2) is 64.1 Å². The zero-order chi connectivity index (χ0) is 6.24. The predicted molar refractivity (Wildman–Crippen MR) is 47.3 cm³/mol. The Balaban J connectivity index is -0.000000245. The van der Waals surface area contributed by atoms with Crippen molar-refractivity contribution in [2.75, 3.05) is 26.4 Å². The Labute approximate surface area is 87.4 Å². The average molecular weight is 134 g/mol. The van der Waals surface area contributed by atoms with Crippen molar-refractivity contribution in [3.63, 3.8) is 0 Å². The fourth-order valence-electron chi connectivity index (χ4n) is 0.407. The van der Waals surface area contributed by atoms with Gasteiger partial charge in [0, 0.05) is 13.2 Å². The number of rotatable bonds is 5. The van der Waals surface area contributed by atoms with Gasteiger partial charge in [0.2, 0.25) is 0 Å². The summed E-state index contributed by atoms with van der Waals surface area (Å²) in [6.45, 7) is 6.98. The molecular weight excluding hydrogens is 118 g/mol. The van der Waals surface area contributed by atoms with Gasteiger partial charge in [0.15, 0.2) is 0 Å². The van der Waals surface area contributed by atoms with Gasteiger partial charge in [-0.05, 0) is 13.8 Å². The number of hydrogen-bond donors (Lipinski definition) is 0. The van der Waals surface area contributed by atoms with Crippen LogP contribution in [0.25, 0.3) is 0 Å². The van der Waals surface area contributed by atoms with Crippen molar-refractivity contribution < 1.29 is 9.47 Å². The van der Waals surface area contributed by atoms with Crippen molar-refractivity contribution in [1.82, 2.24) is 0 Å². The molecule has 4 heteroatoms. The van der Waals surface area contributed by atoms with Gasteiger partial charge in [-0.25, -0.2) is 0 Å². The molecule has 0 rings (SSSR count). The van der Waals surface area contributed by atoms with E-state index in [4.69, 9.17) is 9.47 Å². The third kappa shape index (κ3) is 16.1. The summed E-state index contributed by atoms with van der Waals surface area (Å²) >= 11 is 0. The summed E-state index contributed by atoms with van der Waals surface area (Å²) in [6, 6.07) is 0. The summed E-state index contributed by atoms with van der Waals surface area (Å²) in [5, 5.41) is 0. The van der Waals surface area contributed by atoms with Gasteiger partial charge in [-0.3, -0.25) is 0 Å². The van der Waals surface area contributed by atoms with E-state index in [0.29, 0.717) is 0 Å². The first kappa shape index (κ1) is 17.3. The third-order valence-corrected chi connectivity index (χ3v) is 0.780. The van der Waals surface area contributed by atoms with Gasteiger partial charge in [-0.1, -0.05) is 0 Å². The first-order valence-electron chi connectivity index (χ1n) is 3.07. The van der Waals surface area contributed by atoms with Crippen LogP contribution in [0.3, 0.4) is 0 Å². The van der Waals surface area contributed by atoms with E-state index in [0.717, 1.165) is 26.4 Å². The standard InChI is InChI=1S/C6H14O2.2Li.2H/c1-3-7-5-6-8-4-2;;;;/h3-6H2,1-2H3;;;;. The van der Waals surface area contributed by atoms with Crippen LogP contribution in [0.4, 0.5) is 0 Å². The summed E-state index contributed by atoms with van der Waals surface area (Å²) in [4.78, 5) is 0. The van der Waals surface area contributed by atoms with Gasteiger partial charge < -0.3 is 9.47 Å². The van der Waals surface area contributed by atoms with Gasteiger partial charge in [-0.15, -0.1) is 0 Å². The monoisotopic (exact) mass is 134 g/mol. The second-order valence-corrected chi connectivity index (χ2v) is 1.39. The molecule has 0 bridgehead atoms. The molecule has 0 aromatic heterocycles. The molecule has 0 N–H and O–H groups in total. The Hall–Kier alpha value is 1.11. The molecule has 0 aliphatic heterocycles. The van der Waals surface area contributed by atoms with E-state index in [2.05, 4.69) is 0 Å². The minimum atomic E-state index is 0. The number of ether oxygens (including phenoxy) is 2. The van der Waals surface area contributed by atoms with Gasteiger partial charge in [0.05, 0.1) is 13.2 Å². The third-order valence-electron chi connectivity index (χ3n) is 0.780. The summed E-state index contributed by atoms with van der Waals surface area (Å²) in [5.74, 6) is 0. The molecule has 0 heterocycles. The molecule has 0 atom stereocenters. The van der Waals surface area contributed by atoms with Gasteiger partial charge in [0.1, 0.15) is 0 Å². The zero-order valence-corrected chi connectivity index (χ0v) is 5.64. The molecule has 0 aliphatic rings. The predicted octanol–water partition coefficient (Wildman–Crippen LogP) is -0.238. The second-order valence-electron chi connectivity index (χ2n) is 1.39. The van der Waals surface area contributed by atoms with Crippen LogP contribution in [0.1, 0.15) is 13.8 Å². The molecule has 0 fully saturated rings. The molecular formula is C6H16Li2O2. The van der Waals surface area contributed by atoms with Crippen LogP contribution >= 0.6 is 0 Å². The molecule has 0 saturated carbocycles. The van der Waals surface area contributed by atoms with E-state index in [1.54, 1.807) is 0 Å². The summed E-state index contributed by atoms with van der Waals surface area (Å²) in [5.41, 5.74) is 0. The molecule has 0 unspecified atom stereocenters. The zero-order valence-electron chi connectivity index (χ0n) is 5.64. The van der Waals surface area contributed by atoms with E-state index in [-0.39, 0.29) is 37.7 Å². The SMILES string of the molecule is CCOCCOCC.[LiH].[LiH]. The van der Waals surface area contributed by atoms with E-state index >= 15 is 0 Å². The quantitative estimate of drug-likeness (QED) is 0.381. The molecule has 2 nitrogen and oxygen atoms in total. The molecule has 0 spiro atoms. The van der Waals surface area contributed by atoms with Gasteiger partial charge in [-0.2, -0.15) is 0 Å². The van der Waals surface area contributed by atoms with Gasteiger partial charge >= 0.3 is 37.7 Å². The molecule has 0 aromatic carbocycles. The minimum absolute atomic E-state index is 0. The molecule has 10 heavy (non-hydrogen) atoms. The fraction of sp³-hybridized carbons (Fsp3) is 1.00. The van der Waals surface area contributed by atoms with E-state index in [1.165, 1.54) is 0 Å². The molecule has 0 aliphatic carbocycles. The van der Waals surface area contributed by atoms with Crippen LogP contribution in [-0.2, 0) is 9.47 Å². The Morgan fingerprint density at radius 1 is 0.800 bits per heavy atom. The first-order chi connectivity index (χ1) is 3.91. The van der Waals surface area contributed by atoms with E-state index in [9.17, 15) is 0 Å². The summed E-state index contributed by atoms with van der Waals surface area (Å²) in [7, 11) is 0. The first-order valence-corrected chi connectivity index (χ1v) is 3.07. The topological polar surface area (TPSA) is 18.5 Å². The Morgan fingerprint density at radius 3 is 1.30 bits per heavy atom. The Kier molecular flexibility index (Phi) is 28.7. The van der Waals surface area contributed by atoms with Crippen LogP contribution < -0.4 is 0 Å². The Bertz CT molecular complexity index is 38.7. The summed E-state index contributed by atoms with van der Waals surface area (Å²) < 4.78 is 10.0. The van der Waals surface area contributed by atoms with Crippen molar-refractivity contribution in [3.05, 3.63) is 0 Å². The van der Waals surface area contributed by atoms with E-state index < -0.39 is 0 Å². The number of hydrogen-bond acceptors (Lipinski definition) is 2. The average Bonchev–Trinajstić information content (AvgIpc) is 1.81. The van der Waals surface area contributed by atoms with Gasteiger partial charge in [0.25, 0.3) is 0 Å². The molecule has 0 amide bonds. The van der Waals surface area contributed by atoms with Crippen LogP contribution in [0.5, 0.6) is 0 Å². The molecule has 0 aromatic rings. The molecule has 54 valence electrons. The van der Waals surface area contributed by atoms with Crippen LogP contribution in [0, 0.1) is 0 Å². The summed E-state index contributed by atoms with van der Waals surface area (Å²) in [6.07, 6.45) is 0. The van der Waals surface area contributed by atoms with E-state index in [1.807, 2.05) is 13.8 Å². The second kappa shape index (κ2) is 16.6. The van der Waals surface area contributed by atoms with Crippen molar-refractivity contribution in [3.8, 4) is 0 Å². The maximum absolute atomic E-state index is 5.01. The van der Waals surface area contributed by atoms with Crippen molar-refractivity contribution >= 4 is 37.7 Å². The van der Waals surface area contributed by atoms with Crippen molar-refractivity contribution in [2.24, 2.45) is 0 Å². The van der Waals surface area contributed by atoms with Crippen LogP contribution in [0.2, 0.25) is 0 Å². The van der Waals surface area contributed by atoms with Crippen molar-refractivity contribution in [1.29, 1.82) is 0 Å². The maximum atomic E-state index is 5.01. The normalized spacial score (nSPS) is 7.80. The molecule has 0 saturated heterocycles. The van der Waals surface area contributed by atoms with Crippen molar-refractivity contribution in [2.45, 2.75) is 13.8 Å². The van der Waals surface area contributed by atoms with Crippen LogP contribution in [0.15, 0.2) is 0 Å². The molecule has 0 radical (unpaired) electrons.